The summed E-state index contributed by atoms with van der Waals surface area (Å²) in [7, 11) is 0. The predicted molar refractivity (Wildman–Crippen MR) is 84.4 cm³/mol. The number of ether oxygens (including phenoxy) is 1. The summed E-state index contributed by atoms with van der Waals surface area (Å²) in [5, 5.41) is 9.69. The minimum absolute atomic E-state index is 0.188. The summed E-state index contributed by atoms with van der Waals surface area (Å²) in [4.78, 5) is 2.44. The third-order valence-corrected chi connectivity index (χ3v) is 4.90. The first-order valence-corrected chi connectivity index (χ1v) is 8.37. The van der Waals surface area contributed by atoms with E-state index in [1.54, 1.807) is 0 Å². The van der Waals surface area contributed by atoms with Gasteiger partial charge in [-0.1, -0.05) is 12.1 Å². The molecular formula is C18H27NO2. The molecule has 1 aromatic rings. The molecule has 1 aromatic carbocycles. The van der Waals surface area contributed by atoms with E-state index in [-0.39, 0.29) is 6.10 Å². The Bertz CT molecular complexity index is 454. The van der Waals surface area contributed by atoms with Crippen molar-refractivity contribution in [1.82, 2.24) is 4.90 Å². The number of hydrogen-bond acceptors (Lipinski definition) is 3. The lowest BCUT2D eigenvalue weighted by Crippen LogP contribution is -2.24. The zero-order valence-electron chi connectivity index (χ0n) is 13.0. The normalized spacial score (nSPS) is 25.3. The highest BCUT2D eigenvalue weighted by Gasteiger charge is 2.25. The Balaban J connectivity index is 1.56. The van der Waals surface area contributed by atoms with Crippen LogP contribution in [0.1, 0.15) is 44.6 Å². The molecule has 0 spiro atoms. The summed E-state index contributed by atoms with van der Waals surface area (Å²) >= 11 is 0. The van der Waals surface area contributed by atoms with Crippen molar-refractivity contribution in [2.45, 2.75) is 57.8 Å². The second-order valence-corrected chi connectivity index (χ2v) is 6.70. The third-order valence-electron chi connectivity index (χ3n) is 4.90. The maximum atomic E-state index is 9.69. The molecule has 1 saturated carbocycles. The van der Waals surface area contributed by atoms with Gasteiger partial charge in [0.2, 0.25) is 0 Å². The maximum Gasteiger partial charge on any atom is 0.120 e. The molecule has 0 bridgehead atoms. The molecule has 2 unspecified atom stereocenters. The number of aliphatic hydroxyl groups is 1. The van der Waals surface area contributed by atoms with Crippen LogP contribution in [0.25, 0.3) is 0 Å². The van der Waals surface area contributed by atoms with Crippen LogP contribution >= 0.6 is 0 Å². The molecule has 1 aliphatic carbocycles. The Kier molecular flexibility index (Phi) is 4.81. The molecule has 0 amide bonds. The highest BCUT2D eigenvalue weighted by atomic mass is 16.5. The summed E-state index contributed by atoms with van der Waals surface area (Å²) in [6, 6.07) is 8.54. The fourth-order valence-electron chi connectivity index (χ4n) is 3.57. The number of rotatable bonds is 5. The van der Waals surface area contributed by atoms with Crippen LogP contribution in [0.3, 0.4) is 0 Å². The van der Waals surface area contributed by atoms with Crippen LogP contribution in [0.4, 0.5) is 0 Å². The lowest BCUT2D eigenvalue weighted by Gasteiger charge is -2.18. The number of benzene rings is 1. The van der Waals surface area contributed by atoms with E-state index >= 15 is 0 Å². The minimum atomic E-state index is -0.188. The highest BCUT2D eigenvalue weighted by Crippen LogP contribution is 2.26. The Morgan fingerprint density at radius 2 is 2.10 bits per heavy atom. The SMILES string of the molecule is CC(O)C1CCN(Cc2cccc(OC3CCCC3)c2)C1. The van der Waals surface area contributed by atoms with E-state index < -0.39 is 0 Å². The second-order valence-electron chi connectivity index (χ2n) is 6.70. The number of nitrogens with zero attached hydrogens (tertiary/aromatic N) is 1. The Morgan fingerprint density at radius 3 is 2.81 bits per heavy atom. The van der Waals surface area contributed by atoms with Gasteiger partial charge in [0, 0.05) is 13.1 Å². The van der Waals surface area contributed by atoms with Crippen LogP contribution in [0.2, 0.25) is 0 Å². The van der Waals surface area contributed by atoms with E-state index in [1.165, 1.54) is 31.2 Å². The second kappa shape index (κ2) is 6.80. The summed E-state index contributed by atoms with van der Waals surface area (Å²) in [5.41, 5.74) is 1.32. The van der Waals surface area contributed by atoms with Crippen LogP contribution in [0.15, 0.2) is 24.3 Å². The molecule has 0 aromatic heterocycles. The van der Waals surface area contributed by atoms with Crippen molar-refractivity contribution in [2.75, 3.05) is 13.1 Å². The monoisotopic (exact) mass is 289 g/mol. The molecule has 3 rings (SSSR count). The van der Waals surface area contributed by atoms with Gasteiger partial charge in [0.05, 0.1) is 12.2 Å². The average molecular weight is 289 g/mol. The highest BCUT2D eigenvalue weighted by molar-refractivity contribution is 5.28. The largest absolute Gasteiger partial charge is 0.490 e. The van der Waals surface area contributed by atoms with Crippen molar-refractivity contribution in [3.8, 4) is 5.75 Å². The molecule has 116 valence electrons. The van der Waals surface area contributed by atoms with Gasteiger partial charge in [-0.25, -0.2) is 0 Å². The first kappa shape index (κ1) is 14.9. The molecule has 1 heterocycles. The molecule has 1 saturated heterocycles. The van der Waals surface area contributed by atoms with Gasteiger partial charge in [-0.15, -0.1) is 0 Å². The van der Waals surface area contributed by atoms with Gasteiger partial charge >= 0.3 is 0 Å². The fourth-order valence-corrected chi connectivity index (χ4v) is 3.57. The molecule has 2 aliphatic rings. The molecule has 3 heteroatoms. The lowest BCUT2D eigenvalue weighted by molar-refractivity contribution is 0.127. The number of hydrogen-bond donors (Lipinski definition) is 1. The van der Waals surface area contributed by atoms with Gasteiger partial charge in [-0.3, -0.25) is 4.90 Å². The quantitative estimate of drug-likeness (QED) is 0.903. The Labute approximate surface area is 127 Å². The summed E-state index contributed by atoms with van der Waals surface area (Å²) < 4.78 is 6.08. The van der Waals surface area contributed by atoms with Crippen LogP contribution in [-0.2, 0) is 6.54 Å². The van der Waals surface area contributed by atoms with E-state index in [0.29, 0.717) is 12.0 Å². The molecule has 21 heavy (non-hydrogen) atoms. The van der Waals surface area contributed by atoms with Crippen LogP contribution in [0, 0.1) is 5.92 Å². The predicted octanol–water partition coefficient (Wildman–Crippen LogP) is 3.21. The van der Waals surface area contributed by atoms with Crippen molar-refractivity contribution < 1.29 is 9.84 Å². The first-order valence-electron chi connectivity index (χ1n) is 8.37. The minimum Gasteiger partial charge on any atom is -0.490 e. The summed E-state index contributed by atoms with van der Waals surface area (Å²) in [5.74, 6) is 1.45. The molecule has 1 aliphatic heterocycles. The fraction of sp³-hybridized carbons (Fsp3) is 0.667. The van der Waals surface area contributed by atoms with Gasteiger partial charge in [-0.2, -0.15) is 0 Å². The van der Waals surface area contributed by atoms with Crippen LogP contribution < -0.4 is 4.74 Å². The van der Waals surface area contributed by atoms with Crippen molar-refractivity contribution in [1.29, 1.82) is 0 Å². The number of likely N-dealkylation sites (tertiary alicyclic amines) is 1. The van der Waals surface area contributed by atoms with Crippen LogP contribution in [-0.4, -0.2) is 35.3 Å². The van der Waals surface area contributed by atoms with Gasteiger partial charge < -0.3 is 9.84 Å². The smallest absolute Gasteiger partial charge is 0.120 e. The van der Waals surface area contributed by atoms with E-state index in [4.69, 9.17) is 4.74 Å². The summed E-state index contributed by atoms with van der Waals surface area (Å²) in [6.45, 7) is 4.96. The molecule has 2 atom stereocenters. The van der Waals surface area contributed by atoms with E-state index in [0.717, 1.165) is 31.8 Å². The molecule has 2 fully saturated rings. The molecule has 0 radical (unpaired) electrons. The topological polar surface area (TPSA) is 32.7 Å². The van der Waals surface area contributed by atoms with E-state index in [1.807, 2.05) is 6.92 Å². The van der Waals surface area contributed by atoms with Gasteiger partial charge in [0.25, 0.3) is 0 Å². The summed E-state index contributed by atoms with van der Waals surface area (Å²) in [6.07, 6.45) is 6.35. The maximum absolute atomic E-state index is 9.69. The van der Waals surface area contributed by atoms with E-state index in [2.05, 4.69) is 29.2 Å². The zero-order valence-corrected chi connectivity index (χ0v) is 13.0. The third kappa shape index (κ3) is 3.98. The molecule has 1 N–H and O–H groups in total. The van der Waals surface area contributed by atoms with Crippen molar-refractivity contribution in [3.05, 3.63) is 29.8 Å². The average Bonchev–Trinajstić information content (AvgIpc) is 3.11. The van der Waals surface area contributed by atoms with Gasteiger partial charge in [0.15, 0.2) is 0 Å². The lowest BCUT2D eigenvalue weighted by atomic mass is 10.0. The van der Waals surface area contributed by atoms with Crippen molar-refractivity contribution in [3.63, 3.8) is 0 Å². The zero-order chi connectivity index (χ0) is 14.7. The van der Waals surface area contributed by atoms with Crippen molar-refractivity contribution >= 4 is 0 Å². The Hall–Kier alpha value is -1.06. The standard InChI is InChI=1S/C18H27NO2/c1-14(20)16-9-10-19(13-16)12-15-5-4-8-18(11-15)21-17-6-2-3-7-17/h4-5,8,11,14,16-17,20H,2-3,6-7,9-10,12-13H2,1H3. The van der Waals surface area contributed by atoms with Crippen molar-refractivity contribution in [2.24, 2.45) is 5.92 Å². The van der Waals surface area contributed by atoms with Crippen LogP contribution in [0.5, 0.6) is 5.75 Å². The number of aliphatic hydroxyl groups excluding tert-OH is 1. The van der Waals surface area contributed by atoms with Gasteiger partial charge in [-0.05, 0) is 69.2 Å². The molecular weight excluding hydrogens is 262 g/mol. The molecule has 3 nitrogen and oxygen atoms in total. The van der Waals surface area contributed by atoms with E-state index in [9.17, 15) is 5.11 Å². The van der Waals surface area contributed by atoms with Gasteiger partial charge in [0.1, 0.15) is 5.75 Å². The Morgan fingerprint density at radius 1 is 1.29 bits per heavy atom. The first-order chi connectivity index (χ1) is 10.2.